The third-order valence-corrected chi connectivity index (χ3v) is 2.68. The first kappa shape index (κ1) is 13.2. The smallest absolute Gasteiger partial charge is 0.247 e. The minimum atomic E-state index is 0.124. The number of methoxy groups -OCH3 is 2. The van der Waals surface area contributed by atoms with Gasteiger partial charge in [-0.05, 0) is 12.1 Å². The highest BCUT2D eigenvalue weighted by molar-refractivity contribution is 6.32. The molecule has 6 nitrogen and oxygen atoms in total. The van der Waals surface area contributed by atoms with Crippen LogP contribution in [0.4, 0.5) is 5.69 Å². The molecule has 1 aromatic heterocycles. The molecule has 0 amide bonds. The number of ether oxygens (including phenoxy) is 3. The van der Waals surface area contributed by atoms with Crippen LogP contribution >= 0.6 is 11.6 Å². The molecule has 0 aliphatic rings. The molecule has 0 radical (unpaired) electrons. The van der Waals surface area contributed by atoms with Crippen LogP contribution in [0.25, 0.3) is 0 Å². The number of rotatable bonds is 4. The third-order valence-electron chi connectivity index (χ3n) is 2.38. The second-order valence-corrected chi connectivity index (χ2v) is 3.84. The fourth-order valence-corrected chi connectivity index (χ4v) is 1.58. The SMILES string of the molecule is COc1cccc(OC)c1Oc1ncnc(Cl)c1N. The van der Waals surface area contributed by atoms with Crippen molar-refractivity contribution in [2.75, 3.05) is 20.0 Å². The van der Waals surface area contributed by atoms with Crippen LogP contribution in [-0.2, 0) is 0 Å². The van der Waals surface area contributed by atoms with Gasteiger partial charge < -0.3 is 19.9 Å². The third kappa shape index (κ3) is 2.63. The summed E-state index contributed by atoms with van der Waals surface area (Å²) in [5.74, 6) is 1.50. The predicted octanol–water partition coefficient (Wildman–Crippen LogP) is 2.52. The van der Waals surface area contributed by atoms with Crippen LogP contribution in [-0.4, -0.2) is 24.2 Å². The Bertz CT molecular complexity index is 570. The Kier molecular flexibility index (Phi) is 3.91. The predicted molar refractivity (Wildman–Crippen MR) is 71.1 cm³/mol. The average Bonchev–Trinajstić information content (AvgIpc) is 2.44. The number of nitrogen functional groups attached to an aromatic ring is 1. The fourth-order valence-electron chi connectivity index (χ4n) is 1.46. The number of para-hydroxylation sites is 1. The average molecular weight is 282 g/mol. The second kappa shape index (κ2) is 5.62. The lowest BCUT2D eigenvalue weighted by atomic mass is 10.3. The number of nitrogens with two attached hydrogens (primary N) is 1. The topological polar surface area (TPSA) is 79.5 Å². The van der Waals surface area contributed by atoms with E-state index in [1.807, 2.05) is 0 Å². The van der Waals surface area contributed by atoms with Gasteiger partial charge in [0.25, 0.3) is 0 Å². The van der Waals surface area contributed by atoms with Crippen molar-refractivity contribution in [1.82, 2.24) is 9.97 Å². The minimum Gasteiger partial charge on any atom is -0.493 e. The van der Waals surface area contributed by atoms with Crippen LogP contribution in [0.1, 0.15) is 0 Å². The van der Waals surface area contributed by atoms with E-state index in [1.54, 1.807) is 18.2 Å². The monoisotopic (exact) mass is 281 g/mol. The molecule has 0 saturated heterocycles. The molecule has 100 valence electrons. The van der Waals surface area contributed by atoms with Gasteiger partial charge in [-0.15, -0.1) is 0 Å². The first-order valence-corrected chi connectivity index (χ1v) is 5.70. The number of hydrogen-bond donors (Lipinski definition) is 1. The highest BCUT2D eigenvalue weighted by Gasteiger charge is 2.16. The van der Waals surface area contributed by atoms with Crippen molar-refractivity contribution in [3.63, 3.8) is 0 Å². The molecular weight excluding hydrogens is 270 g/mol. The second-order valence-electron chi connectivity index (χ2n) is 3.48. The van der Waals surface area contributed by atoms with Gasteiger partial charge in [0.15, 0.2) is 16.7 Å². The lowest BCUT2D eigenvalue weighted by molar-refractivity contribution is 0.342. The number of anilines is 1. The van der Waals surface area contributed by atoms with Crippen LogP contribution in [0.5, 0.6) is 23.1 Å². The van der Waals surface area contributed by atoms with E-state index < -0.39 is 0 Å². The Morgan fingerprint density at radius 1 is 1.11 bits per heavy atom. The van der Waals surface area contributed by atoms with Gasteiger partial charge >= 0.3 is 0 Å². The lowest BCUT2D eigenvalue weighted by Gasteiger charge is -2.14. The van der Waals surface area contributed by atoms with E-state index in [2.05, 4.69) is 9.97 Å². The number of aromatic nitrogens is 2. The van der Waals surface area contributed by atoms with E-state index in [-0.39, 0.29) is 16.7 Å². The van der Waals surface area contributed by atoms with Gasteiger partial charge in [0.2, 0.25) is 11.6 Å². The molecule has 1 heterocycles. The first-order valence-electron chi connectivity index (χ1n) is 5.32. The molecule has 1 aromatic carbocycles. The lowest BCUT2D eigenvalue weighted by Crippen LogP contribution is -2.00. The standard InChI is InChI=1S/C12H12ClN3O3/c1-17-7-4-3-5-8(18-2)10(7)19-12-9(14)11(13)15-6-16-12/h3-6H,14H2,1-2H3. The summed E-state index contributed by atoms with van der Waals surface area (Å²) in [6, 6.07) is 5.24. The molecule has 0 atom stereocenters. The Hall–Kier alpha value is -2.21. The largest absolute Gasteiger partial charge is 0.493 e. The molecule has 0 fully saturated rings. The first-order chi connectivity index (χ1) is 9.17. The van der Waals surface area contributed by atoms with Gasteiger partial charge in [0, 0.05) is 0 Å². The van der Waals surface area contributed by atoms with E-state index in [1.165, 1.54) is 20.5 Å². The molecule has 2 rings (SSSR count). The van der Waals surface area contributed by atoms with Crippen LogP contribution in [0.2, 0.25) is 5.15 Å². The number of halogens is 1. The fraction of sp³-hybridized carbons (Fsp3) is 0.167. The van der Waals surface area contributed by atoms with E-state index in [4.69, 9.17) is 31.5 Å². The van der Waals surface area contributed by atoms with E-state index in [9.17, 15) is 0 Å². The summed E-state index contributed by atoms with van der Waals surface area (Å²) in [7, 11) is 3.05. The molecule has 0 spiro atoms. The van der Waals surface area contributed by atoms with Crippen molar-refractivity contribution in [2.45, 2.75) is 0 Å². The van der Waals surface area contributed by atoms with Gasteiger partial charge in [0.05, 0.1) is 14.2 Å². The number of benzene rings is 1. The Balaban J connectivity index is 2.45. The van der Waals surface area contributed by atoms with Crippen molar-refractivity contribution < 1.29 is 14.2 Å². The summed E-state index contributed by atoms with van der Waals surface area (Å²) in [5.41, 5.74) is 5.90. The van der Waals surface area contributed by atoms with Crippen LogP contribution in [0.15, 0.2) is 24.5 Å². The molecule has 0 saturated carbocycles. The van der Waals surface area contributed by atoms with Crippen molar-refractivity contribution in [3.8, 4) is 23.1 Å². The molecular formula is C12H12ClN3O3. The normalized spacial score (nSPS) is 10.1. The van der Waals surface area contributed by atoms with Gasteiger partial charge in [-0.2, -0.15) is 4.98 Å². The van der Waals surface area contributed by atoms with Crippen molar-refractivity contribution in [2.24, 2.45) is 0 Å². The zero-order valence-electron chi connectivity index (χ0n) is 10.4. The molecule has 2 aromatic rings. The van der Waals surface area contributed by atoms with E-state index in [0.717, 1.165) is 0 Å². The molecule has 0 aliphatic carbocycles. The molecule has 0 aliphatic heterocycles. The molecule has 0 unspecified atom stereocenters. The quantitative estimate of drug-likeness (QED) is 0.868. The minimum absolute atomic E-state index is 0.124. The van der Waals surface area contributed by atoms with Crippen molar-refractivity contribution in [1.29, 1.82) is 0 Å². The summed E-state index contributed by atoms with van der Waals surface area (Å²) < 4.78 is 16.0. The summed E-state index contributed by atoms with van der Waals surface area (Å²) in [6.45, 7) is 0. The van der Waals surface area contributed by atoms with Crippen molar-refractivity contribution >= 4 is 17.3 Å². The highest BCUT2D eigenvalue weighted by atomic mass is 35.5. The summed E-state index contributed by atoms with van der Waals surface area (Å²) in [4.78, 5) is 7.68. The van der Waals surface area contributed by atoms with E-state index in [0.29, 0.717) is 17.2 Å². The number of nitrogens with zero attached hydrogens (tertiary/aromatic N) is 2. The van der Waals surface area contributed by atoms with Gasteiger partial charge in [-0.1, -0.05) is 17.7 Å². The van der Waals surface area contributed by atoms with E-state index >= 15 is 0 Å². The number of hydrogen-bond acceptors (Lipinski definition) is 6. The van der Waals surface area contributed by atoms with Gasteiger partial charge in [0.1, 0.15) is 12.0 Å². The maximum absolute atomic E-state index is 5.81. The van der Waals surface area contributed by atoms with Gasteiger partial charge in [-0.3, -0.25) is 0 Å². The van der Waals surface area contributed by atoms with Crippen LogP contribution in [0.3, 0.4) is 0 Å². The van der Waals surface area contributed by atoms with Crippen LogP contribution < -0.4 is 19.9 Å². The Morgan fingerprint density at radius 3 is 2.32 bits per heavy atom. The maximum atomic E-state index is 5.81. The maximum Gasteiger partial charge on any atom is 0.247 e. The molecule has 7 heteroatoms. The summed E-state index contributed by atoms with van der Waals surface area (Å²) >= 11 is 5.81. The van der Waals surface area contributed by atoms with Crippen LogP contribution in [0, 0.1) is 0 Å². The molecule has 0 bridgehead atoms. The van der Waals surface area contributed by atoms with Crippen molar-refractivity contribution in [3.05, 3.63) is 29.7 Å². The zero-order chi connectivity index (χ0) is 13.8. The zero-order valence-corrected chi connectivity index (χ0v) is 11.1. The molecule has 19 heavy (non-hydrogen) atoms. The molecule has 2 N–H and O–H groups in total. The van der Waals surface area contributed by atoms with Gasteiger partial charge in [-0.25, -0.2) is 4.98 Å². The Morgan fingerprint density at radius 2 is 1.74 bits per heavy atom. The highest BCUT2D eigenvalue weighted by Crippen LogP contribution is 2.41. The summed E-state index contributed by atoms with van der Waals surface area (Å²) in [6.07, 6.45) is 1.26. The Labute approximate surface area is 115 Å². The summed E-state index contributed by atoms with van der Waals surface area (Å²) in [5, 5.41) is 0.124.